The highest BCUT2D eigenvalue weighted by atomic mass is 35.5. The summed E-state index contributed by atoms with van der Waals surface area (Å²) in [4.78, 5) is 16.4. The second-order valence-electron chi connectivity index (χ2n) is 6.39. The zero-order chi connectivity index (χ0) is 19.6. The lowest BCUT2D eigenvalue weighted by Crippen LogP contribution is -2.00. The van der Waals surface area contributed by atoms with Gasteiger partial charge in [0.2, 0.25) is 0 Å². The minimum atomic E-state index is -0.368. The van der Waals surface area contributed by atoms with Crippen LogP contribution in [0.4, 0.5) is 5.69 Å². The first-order valence-electron chi connectivity index (χ1n) is 8.58. The standard InChI is InChI=1S/C22H21ClN2O2/c1-14-5-6-17(22(26)27-4)12-21(14)24-13-18-11-15(2)25(16(18)3)20-9-7-19(23)8-10-20/h5-13H,1-4H3. The Labute approximate surface area is 164 Å². The first kappa shape index (κ1) is 18.9. The number of hydrogen-bond acceptors (Lipinski definition) is 3. The number of halogens is 1. The molecule has 0 spiro atoms. The van der Waals surface area contributed by atoms with Crippen molar-refractivity contribution in [2.75, 3.05) is 7.11 Å². The Bertz CT molecular complexity index is 1020. The quantitative estimate of drug-likeness (QED) is 0.437. The lowest BCUT2D eigenvalue weighted by atomic mass is 10.1. The normalized spacial score (nSPS) is 11.1. The van der Waals surface area contributed by atoms with Crippen LogP contribution >= 0.6 is 11.6 Å². The summed E-state index contributed by atoms with van der Waals surface area (Å²) in [7, 11) is 1.37. The lowest BCUT2D eigenvalue weighted by molar-refractivity contribution is 0.0601. The van der Waals surface area contributed by atoms with Gasteiger partial charge in [-0.25, -0.2) is 4.79 Å². The molecule has 27 heavy (non-hydrogen) atoms. The van der Waals surface area contributed by atoms with Crippen molar-refractivity contribution in [1.82, 2.24) is 4.57 Å². The molecular formula is C22H21ClN2O2. The number of rotatable bonds is 4. The molecule has 1 aromatic heterocycles. The highest BCUT2D eigenvalue weighted by molar-refractivity contribution is 6.30. The van der Waals surface area contributed by atoms with E-state index in [1.807, 2.05) is 43.5 Å². The van der Waals surface area contributed by atoms with Crippen molar-refractivity contribution in [2.24, 2.45) is 4.99 Å². The van der Waals surface area contributed by atoms with Crippen LogP contribution in [0.25, 0.3) is 5.69 Å². The summed E-state index contributed by atoms with van der Waals surface area (Å²) in [5, 5.41) is 0.712. The van der Waals surface area contributed by atoms with Gasteiger partial charge in [0, 0.05) is 33.9 Å². The first-order chi connectivity index (χ1) is 12.9. The smallest absolute Gasteiger partial charge is 0.337 e. The Balaban J connectivity index is 1.96. The largest absolute Gasteiger partial charge is 0.465 e. The van der Waals surface area contributed by atoms with E-state index in [9.17, 15) is 4.79 Å². The van der Waals surface area contributed by atoms with Gasteiger partial charge < -0.3 is 9.30 Å². The molecule has 0 saturated heterocycles. The van der Waals surface area contributed by atoms with Gasteiger partial charge in [0.15, 0.2) is 0 Å². The number of carbonyl (C=O) groups is 1. The number of hydrogen-bond donors (Lipinski definition) is 0. The fourth-order valence-electron chi connectivity index (χ4n) is 3.04. The average molecular weight is 381 g/mol. The van der Waals surface area contributed by atoms with Crippen LogP contribution in [0.2, 0.25) is 5.02 Å². The summed E-state index contributed by atoms with van der Waals surface area (Å²) in [6.07, 6.45) is 1.83. The second kappa shape index (κ2) is 7.80. The summed E-state index contributed by atoms with van der Waals surface area (Å²) >= 11 is 6.00. The number of aromatic nitrogens is 1. The molecule has 3 rings (SSSR count). The van der Waals surface area contributed by atoms with E-state index >= 15 is 0 Å². The van der Waals surface area contributed by atoms with Gasteiger partial charge in [0.1, 0.15) is 0 Å². The molecule has 0 bridgehead atoms. The minimum absolute atomic E-state index is 0.368. The zero-order valence-electron chi connectivity index (χ0n) is 15.8. The number of methoxy groups -OCH3 is 1. The van der Waals surface area contributed by atoms with Crippen molar-refractivity contribution in [3.63, 3.8) is 0 Å². The third-order valence-electron chi connectivity index (χ3n) is 4.53. The van der Waals surface area contributed by atoms with Gasteiger partial charge in [-0.05, 0) is 68.8 Å². The average Bonchev–Trinajstić information content (AvgIpc) is 2.95. The van der Waals surface area contributed by atoms with Crippen molar-refractivity contribution < 1.29 is 9.53 Å². The van der Waals surface area contributed by atoms with Crippen molar-refractivity contribution in [1.29, 1.82) is 0 Å². The van der Waals surface area contributed by atoms with Gasteiger partial charge in [0.05, 0.1) is 18.4 Å². The van der Waals surface area contributed by atoms with E-state index in [0.29, 0.717) is 10.6 Å². The van der Waals surface area contributed by atoms with E-state index in [1.54, 1.807) is 12.1 Å². The van der Waals surface area contributed by atoms with E-state index in [4.69, 9.17) is 16.3 Å². The maximum Gasteiger partial charge on any atom is 0.337 e. The third-order valence-corrected chi connectivity index (χ3v) is 4.78. The summed E-state index contributed by atoms with van der Waals surface area (Å²) in [5.74, 6) is -0.368. The highest BCUT2D eigenvalue weighted by Crippen LogP contribution is 2.24. The van der Waals surface area contributed by atoms with E-state index in [1.165, 1.54) is 7.11 Å². The summed E-state index contributed by atoms with van der Waals surface area (Å²) in [6, 6.07) is 15.2. The van der Waals surface area contributed by atoms with Crippen LogP contribution in [-0.2, 0) is 4.74 Å². The lowest BCUT2D eigenvalue weighted by Gasteiger charge is -2.09. The molecule has 138 valence electrons. The molecule has 0 atom stereocenters. The fraction of sp³-hybridized carbons (Fsp3) is 0.182. The maximum atomic E-state index is 11.7. The number of esters is 1. The SMILES string of the molecule is COC(=O)c1ccc(C)c(N=Cc2cc(C)n(-c3ccc(Cl)cc3)c2C)c1. The maximum absolute atomic E-state index is 11.7. The fourth-order valence-corrected chi connectivity index (χ4v) is 3.16. The van der Waals surface area contributed by atoms with Crippen LogP contribution in [0.15, 0.2) is 53.5 Å². The van der Waals surface area contributed by atoms with E-state index < -0.39 is 0 Å². The molecular weight excluding hydrogens is 360 g/mol. The van der Waals surface area contributed by atoms with E-state index in [-0.39, 0.29) is 5.97 Å². The Morgan fingerprint density at radius 3 is 2.44 bits per heavy atom. The molecule has 0 unspecified atom stereocenters. The Morgan fingerprint density at radius 2 is 1.78 bits per heavy atom. The van der Waals surface area contributed by atoms with Gasteiger partial charge in [-0.15, -0.1) is 0 Å². The predicted molar refractivity (Wildman–Crippen MR) is 110 cm³/mol. The predicted octanol–water partition coefficient (Wildman–Crippen LogP) is 5.59. The van der Waals surface area contributed by atoms with Gasteiger partial charge in [-0.1, -0.05) is 17.7 Å². The van der Waals surface area contributed by atoms with E-state index in [0.717, 1.165) is 33.9 Å². The van der Waals surface area contributed by atoms with Gasteiger partial charge in [-0.2, -0.15) is 0 Å². The molecule has 0 aliphatic rings. The van der Waals surface area contributed by atoms with Crippen LogP contribution in [0.1, 0.15) is 32.9 Å². The van der Waals surface area contributed by atoms with E-state index in [2.05, 4.69) is 29.5 Å². The Morgan fingerprint density at radius 1 is 1.07 bits per heavy atom. The monoisotopic (exact) mass is 380 g/mol. The zero-order valence-corrected chi connectivity index (χ0v) is 16.5. The molecule has 0 aliphatic carbocycles. The number of nitrogens with zero attached hydrogens (tertiary/aromatic N) is 2. The number of carbonyl (C=O) groups excluding carboxylic acids is 1. The summed E-state index contributed by atoms with van der Waals surface area (Å²) in [6.45, 7) is 6.08. The Hall–Kier alpha value is -2.85. The molecule has 4 nitrogen and oxygen atoms in total. The third kappa shape index (κ3) is 3.96. The van der Waals surface area contributed by atoms with Crippen LogP contribution in [-0.4, -0.2) is 23.9 Å². The molecule has 5 heteroatoms. The van der Waals surface area contributed by atoms with Crippen LogP contribution < -0.4 is 0 Å². The van der Waals surface area contributed by atoms with Gasteiger partial charge in [-0.3, -0.25) is 4.99 Å². The van der Waals surface area contributed by atoms with Crippen molar-refractivity contribution in [3.8, 4) is 5.69 Å². The molecule has 0 radical (unpaired) electrons. The molecule has 0 fully saturated rings. The molecule has 3 aromatic rings. The van der Waals surface area contributed by atoms with Crippen LogP contribution in [0.5, 0.6) is 0 Å². The number of aliphatic imine (C=N–C) groups is 1. The van der Waals surface area contributed by atoms with Crippen molar-refractivity contribution >= 4 is 29.5 Å². The summed E-state index contributed by atoms with van der Waals surface area (Å²) < 4.78 is 6.95. The van der Waals surface area contributed by atoms with Gasteiger partial charge >= 0.3 is 5.97 Å². The van der Waals surface area contributed by atoms with Crippen LogP contribution in [0.3, 0.4) is 0 Å². The number of ether oxygens (including phenoxy) is 1. The topological polar surface area (TPSA) is 43.6 Å². The highest BCUT2D eigenvalue weighted by Gasteiger charge is 2.10. The van der Waals surface area contributed by atoms with Gasteiger partial charge in [0.25, 0.3) is 0 Å². The first-order valence-corrected chi connectivity index (χ1v) is 8.96. The molecule has 1 heterocycles. The summed E-state index contributed by atoms with van der Waals surface area (Å²) in [5.41, 5.74) is 6.49. The molecule has 0 amide bonds. The Kier molecular flexibility index (Phi) is 5.47. The second-order valence-corrected chi connectivity index (χ2v) is 6.83. The number of aryl methyl sites for hydroxylation is 2. The van der Waals surface area contributed by atoms with Crippen molar-refractivity contribution in [3.05, 3.63) is 81.6 Å². The molecule has 0 saturated carbocycles. The minimum Gasteiger partial charge on any atom is -0.465 e. The molecule has 2 aromatic carbocycles. The van der Waals surface area contributed by atoms with Crippen molar-refractivity contribution in [2.45, 2.75) is 20.8 Å². The molecule has 0 N–H and O–H groups in total. The van der Waals surface area contributed by atoms with Crippen LogP contribution in [0, 0.1) is 20.8 Å². The molecule has 0 aliphatic heterocycles. The number of benzene rings is 2.